The third-order valence-electron chi connectivity index (χ3n) is 3.87. The Balaban J connectivity index is 1.86. The zero-order valence-corrected chi connectivity index (χ0v) is 14.7. The molecule has 1 unspecified atom stereocenters. The molecule has 2 rings (SSSR count). The number of hydrogen-bond acceptors (Lipinski definition) is 3. The quantitative estimate of drug-likeness (QED) is 0.754. The van der Waals surface area contributed by atoms with E-state index in [-0.39, 0.29) is 18.4 Å². The van der Waals surface area contributed by atoms with Crippen molar-refractivity contribution >= 4 is 11.7 Å². The van der Waals surface area contributed by atoms with Crippen molar-refractivity contribution < 1.29 is 14.3 Å². The Morgan fingerprint density at radius 2 is 1.84 bits per heavy atom. The lowest BCUT2D eigenvalue weighted by atomic mass is 10.1. The van der Waals surface area contributed by atoms with Crippen molar-refractivity contribution in [1.82, 2.24) is 10.6 Å². The highest BCUT2D eigenvalue weighted by Gasteiger charge is 2.11. The minimum Gasteiger partial charge on any atom is -0.387 e. The molecule has 0 aromatic heterocycles. The van der Waals surface area contributed by atoms with E-state index in [9.17, 15) is 14.3 Å². The second-order valence-corrected chi connectivity index (χ2v) is 6.16. The smallest absolute Gasteiger partial charge is 0.315 e. The van der Waals surface area contributed by atoms with E-state index in [4.69, 9.17) is 0 Å². The molecule has 0 heterocycles. The Morgan fingerprint density at radius 3 is 2.48 bits per heavy atom. The van der Waals surface area contributed by atoms with Gasteiger partial charge in [-0.1, -0.05) is 24.3 Å². The van der Waals surface area contributed by atoms with Crippen molar-refractivity contribution in [2.75, 3.05) is 25.5 Å². The number of hydrogen-bond donors (Lipinski definition) is 3. The Morgan fingerprint density at radius 1 is 1.16 bits per heavy atom. The van der Waals surface area contributed by atoms with Gasteiger partial charge < -0.3 is 20.6 Å². The average Bonchev–Trinajstić information content (AvgIpc) is 2.59. The average molecular weight is 345 g/mol. The van der Waals surface area contributed by atoms with Gasteiger partial charge in [-0.25, -0.2) is 9.18 Å². The topological polar surface area (TPSA) is 64.6 Å². The van der Waals surface area contributed by atoms with E-state index in [2.05, 4.69) is 16.7 Å². The van der Waals surface area contributed by atoms with Gasteiger partial charge in [-0.15, -0.1) is 0 Å². The van der Waals surface area contributed by atoms with Crippen LogP contribution in [0.25, 0.3) is 0 Å². The molecule has 2 aromatic carbocycles. The molecule has 0 bridgehead atoms. The number of nitrogens with one attached hydrogen (secondary N) is 2. The lowest BCUT2D eigenvalue weighted by molar-refractivity contribution is 0.173. The molecule has 5 nitrogen and oxygen atoms in total. The minimum atomic E-state index is -0.886. The first-order valence-electron chi connectivity index (χ1n) is 8.09. The maximum atomic E-state index is 12.9. The normalized spacial score (nSPS) is 11.7. The van der Waals surface area contributed by atoms with Crippen LogP contribution in [0.4, 0.5) is 14.9 Å². The predicted octanol–water partition coefficient (Wildman–Crippen LogP) is 2.73. The van der Waals surface area contributed by atoms with E-state index in [1.54, 1.807) is 0 Å². The summed E-state index contributed by atoms with van der Waals surface area (Å²) in [5.41, 5.74) is 3.76. The summed E-state index contributed by atoms with van der Waals surface area (Å²) in [7, 11) is 3.91. The fourth-order valence-electron chi connectivity index (χ4n) is 2.47. The highest BCUT2D eigenvalue weighted by molar-refractivity contribution is 5.74. The van der Waals surface area contributed by atoms with Crippen LogP contribution < -0.4 is 15.5 Å². The van der Waals surface area contributed by atoms with Gasteiger partial charge in [0.2, 0.25) is 0 Å². The molecule has 25 heavy (non-hydrogen) atoms. The Hall–Kier alpha value is -2.60. The van der Waals surface area contributed by atoms with Gasteiger partial charge >= 0.3 is 6.03 Å². The third kappa shape index (κ3) is 5.46. The number of rotatable bonds is 6. The maximum absolute atomic E-state index is 12.9. The van der Waals surface area contributed by atoms with Crippen LogP contribution in [0.3, 0.4) is 0 Å². The fraction of sp³-hybridized carbons (Fsp3) is 0.316. The first-order valence-corrected chi connectivity index (χ1v) is 8.09. The summed E-state index contributed by atoms with van der Waals surface area (Å²) in [6, 6.07) is 11.2. The molecule has 1 atom stereocenters. The number of aryl methyl sites for hydroxylation is 1. The molecule has 0 fully saturated rings. The molecule has 0 aliphatic rings. The van der Waals surface area contributed by atoms with Gasteiger partial charge in [-0.3, -0.25) is 0 Å². The van der Waals surface area contributed by atoms with Crippen LogP contribution in [0.15, 0.2) is 42.5 Å². The van der Waals surface area contributed by atoms with Gasteiger partial charge in [0.1, 0.15) is 5.82 Å². The molecule has 0 aliphatic heterocycles. The number of carbonyl (C=O) groups excluding carboxylic acids is 1. The molecule has 134 valence electrons. The summed E-state index contributed by atoms with van der Waals surface area (Å²) in [5, 5.41) is 15.4. The van der Waals surface area contributed by atoms with Gasteiger partial charge in [0.25, 0.3) is 0 Å². The van der Waals surface area contributed by atoms with Crippen molar-refractivity contribution in [2.45, 2.75) is 19.6 Å². The van der Waals surface area contributed by atoms with Crippen LogP contribution in [0, 0.1) is 12.7 Å². The largest absolute Gasteiger partial charge is 0.387 e. The van der Waals surface area contributed by atoms with Crippen molar-refractivity contribution in [3.8, 4) is 0 Å². The fourth-order valence-corrected chi connectivity index (χ4v) is 2.47. The van der Waals surface area contributed by atoms with Gasteiger partial charge in [-0.05, 0) is 41.8 Å². The molecule has 0 radical (unpaired) electrons. The summed E-state index contributed by atoms with van der Waals surface area (Å²) in [6.07, 6.45) is -0.886. The number of aliphatic hydroxyl groups is 1. The highest BCUT2D eigenvalue weighted by Crippen LogP contribution is 2.20. The lowest BCUT2D eigenvalue weighted by Gasteiger charge is -2.19. The van der Waals surface area contributed by atoms with Gasteiger partial charge in [0.05, 0.1) is 6.10 Å². The Kier molecular flexibility index (Phi) is 6.36. The van der Waals surface area contributed by atoms with Crippen LogP contribution in [-0.4, -0.2) is 31.8 Å². The Bertz CT molecular complexity index is 717. The zero-order valence-electron chi connectivity index (χ0n) is 14.7. The summed E-state index contributed by atoms with van der Waals surface area (Å²) in [5.74, 6) is -0.364. The lowest BCUT2D eigenvalue weighted by Crippen LogP contribution is -2.37. The number of benzene rings is 2. The SMILES string of the molecule is Cc1ccc(CNC(=O)NCC(O)c2ccc(F)cc2)c(N(C)C)c1. The summed E-state index contributed by atoms with van der Waals surface area (Å²) in [6.45, 7) is 2.45. The number of carbonyl (C=O) groups is 1. The molecule has 2 aromatic rings. The molecule has 0 spiro atoms. The molecular formula is C19H24FN3O2. The first-order chi connectivity index (χ1) is 11.9. The van der Waals surface area contributed by atoms with Crippen LogP contribution in [0.2, 0.25) is 0 Å². The highest BCUT2D eigenvalue weighted by atomic mass is 19.1. The van der Waals surface area contributed by atoms with Crippen molar-refractivity contribution in [1.29, 1.82) is 0 Å². The molecule has 3 N–H and O–H groups in total. The van der Waals surface area contributed by atoms with Crippen molar-refractivity contribution in [2.24, 2.45) is 0 Å². The second kappa shape index (κ2) is 8.48. The zero-order chi connectivity index (χ0) is 18.4. The third-order valence-corrected chi connectivity index (χ3v) is 3.87. The minimum absolute atomic E-state index is 0.0475. The second-order valence-electron chi connectivity index (χ2n) is 6.16. The van der Waals surface area contributed by atoms with Crippen LogP contribution in [0.5, 0.6) is 0 Å². The number of amides is 2. The molecular weight excluding hydrogens is 321 g/mol. The molecule has 2 amide bonds. The monoisotopic (exact) mass is 345 g/mol. The van der Waals surface area contributed by atoms with Gasteiger partial charge in [0, 0.05) is 32.9 Å². The molecule has 0 saturated heterocycles. The number of halogens is 1. The molecule has 0 saturated carbocycles. The van der Waals surface area contributed by atoms with E-state index in [1.165, 1.54) is 24.3 Å². The van der Waals surface area contributed by atoms with E-state index in [0.717, 1.165) is 16.8 Å². The summed E-state index contributed by atoms with van der Waals surface area (Å²) >= 11 is 0. The predicted molar refractivity (Wildman–Crippen MR) is 97.1 cm³/mol. The van der Waals surface area contributed by atoms with Crippen LogP contribution in [0.1, 0.15) is 22.8 Å². The van der Waals surface area contributed by atoms with E-state index >= 15 is 0 Å². The summed E-state index contributed by atoms with van der Waals surface area (Å²) in [4.78, 5) is 13.9. The maximum Gasteiger partial charge on any atom is 0.315 e. The Labute approximate surface area is 147 Å². The number of anilines is 1. The van der Waals surface area contributed by atoms with Crippen LogP contribution >= 0.6 is 0 Å². The number of aliphatic hydroxyl groups excluding tert-OH is 1. The van der Waals surface area contributed by atoms with Gasteiger partial charge in [-0.2, -0.15) is 0 Å². The van der Waals surface area contributed by atoms with Crippen molar-refractivity contribution in [3.05, 3.63) is 65.0 Å². The molecule has 6 heteroatoms. The number of nitrogens with zero attached hydrogens (tertiary/aromatic N) is 1. The first kappa shape index (κ1) is 18.7. The van der Waals surface area contributed by atoms with Crippen LogP contribution in [-0.2, 0) is 6.54 Å². The van der Waals surface area contributed by atoms with E-state index in [1.807, 2.05) is 38.1 Å². The standard InChI is InChI=1S/C19H24FN3O2/c1-13-4-5-15(17(10-13)23(2)3)11-21-19(25)22-12-18(24)14-6-8-16(20)9-7-14/h4-10,18,24H,11-12H2,1-3H3,(H2,21,22,25). The van der Waals surface area contributed by atoms with Crippen molar-refractivity contribution in [3.63, 3.8) is 0 Å². The van der Waals surface area contributed by atoms with Gasteiger partial charge in [0.15, 0.2) is 0 Å². The van der Waals surface area contributed by atoms with E-state index in [0.29, 0.717) is 12.1 Å². The molecule has 0 aliphatic carbocycles. The van der Waals surface area contributed by atoms with E-state index < -0.39 is 6.10 Å². The summed E-state index contributed by atoms with van der Waals surface area (Å²) < 4.78 is 12.9. The number of urea groups is 1.